The van der Waals surface area contributed by atoms with Gasteiger partial charge in [-0.25, -0.2) is 9.79 Å². The summed E-state index contributed by atoms with van der Waals surface area (Å²) in [4.78, 5) is 30.0. The van der Waals surface area contributed by atoms with Crippen molar-refractivity contribution in [2.24, 2.45) is 4.99 Å². The number of benzene rings is 2. The van der Waals surface area contributed by atoms with Crippen molar-refractivity contribution >= 4 is 29.0 Å². The van der Waals surface area contributed by atoms with Gasteiger partial charge < -0.3 is 9.64 Å². The number of fused-ring (bicyclic) bond motifs is 1. The van der Waals surface area contributed by atoms with Crippen LogP contribution in [0.1, 0.15) is 22.8 Å². The zero-order valence-corrected chi connectivity index (χ0v) is 12.9. The number of aliphatic imine (C=N–C) groups is 1. The van der Waals surface area contributed by atoms with Crippen LogP contribution in [0.5, 0.6) is 0 Å². The maximum absolute atomic E-state index is 12.3. The largest absolute Gasteiger partial charge is 0.462 e. The Hall–Kier alpha value is -2.95. The van der Waals surface area contributed by atoms with Crippen LogP contribution in [0.3, 0.4) is 0 Å². The Morgan fingerprint density at radius 3 is 2.52 bits per heavy atom. The first kappa shape index (κ1) is 15.0. The highest BCUT2D eigenvalue weighted by Gasteiger charge is 2.30. The molecule has 0 spiro atoms. The predicted molar refractivity (Wildman–Crippen MR) is 88.4 cm³/mol. The van der Waals surface area contributed by atoms with Crippen molar-refractivity contribution in [3.05, 3.63) is 59.7 Å². The van der Waals surface area contributed by atoms with Crippen LogP contribution in [-0.2, 0) is 9.53 Å². The quantitative estimate of drug-likeness (QED) is 0.819. The van der Waals surface area contributed by atoms with Crippen molar-refractivity contribution < 1.29 is 14.3 Å². The number of carbonyl (C=O) groups is 2. The molecule has 116 valence electrons. The van der Waals surface area contributed by atoms with Crippen LogP contribution in [-0.4, -0.2) is 31.2 Å². The summed E-state index contributed by atoms with van der Waals surface area (Å²) in [7, 11) is 1.73. The van der Waals surface area contributed by atoms with Crippen molar-refractivity contribution in [3.63, 3.8) is 0 Å². The highest BCUT2D eigenvalue weighted by molar-refractivity contribution is 6.54. The normalized spacial score (nSPS) is 15.0. The Bertz CT molecular complexity index is 794. The van der Waals surface area contributed by atoms with Crippen LogP contribution in [0.15, 0.2) is 53.5 Å². The van der Waals surface area contributed by atoms with E-state index in [0.29, 0.717) is 23.6 Å². The minimum absolute atomic E-state index is 0.138. The molecule has 0 saturated carbocycles. The van der Waals surface area contributed by atoms with E-state index in [0.717, 1.165) is 11.3 Å². The van der Waals surface area contributed by atoms with Gasteiger partial charge in [-0.15, -0.1) is 0 Å². The molecule has 0 fully saturated rings. The summed E-state index contributed by atoms with van der Waals surface area (Å²) in [5, 5.41) is 0. The summed E-state index contributed by atoms with van der Waals surface area (Å²) in [6.45, 7) is 2.10. The third-order valence-electron chi connectivity index (χ3n) is 3.65. The number of likely N-dealkylation sites (N-methyl/N-ethyl adjacent to an activating group) is 1. The van der Waals surface area contributed by atoms with E-state index in [1.807, 2.05) is 24.3 Å². The van der Waals surface area contributed by atoms with Crippen molar-refractivity contribution in [2.45, 2.75) is 6.92 Å². The number of esters is 1. The Morgan fingerprint density at radius 1 is 1.13 bits per heavy atom. The third-order valence-corrected chi connectivity index (χ3v) is 3.65. The van der Waals surface area contributed by atoms with Gasteiger partial charge in [0.05, 0.1) is 23.5 Å². The van der Waals surface area contributed by atoms with Crippen LogP contribution in [0, 0.1) is 0 Å². The van der Waals surface area contributed by atoms with Gasteiger partial charge in [-0.2, -0.15) is 0 Å². The fourth-order valence-corrected chi connectivity index (χ4v) is 2.47. The lowest BCUT2D eigenvalue weighted by Crippen LogP contribution is -2.25. The third kappa shape index (κ3) is 2.73. The van der Waals surface area contributed by atoms with Gasteiger partial charge in [0.15, 0.2) is 0 Å². The molecule has 1 amide bonds. The van der Waals surface area contributed by atoms with Crippen molar-refractivity contribution in [3.8, 4) is 0 Å². The molecule has 0 aromatic heterocycles. The smallest absolute Gasteiger partial charge is 0.338 e. The van der Waals surface area contributed by atoms with E-state index < -0.39 is 0 Å². The molecular formula is C18H16N2O3. The monoisotopic (exact) mass is 308 g/mol. The van der Waals surface area contributed by atoms with Crippen LogP contribution in [0.2, 0.25) is 0 Å². The molecule has 0 unspecified atom stereocenters. The van der Waals surface area contributed by atoms with E-state index in [4.69, 9.17) is 4.74 Å². The number of ether oxygens (including phenoxy) is 1. The van der Waals surface area contributed by atoms with Gasteiger partial charge in [-0.3, -0.25) is 4.79 Å². The maximum atomic E-state index is 12.3. The molecule has 0 atom stereocenters. The van der Waals surface area contributed by atoms with Gasteiger partial charge in [-0.05, 0) is 37.3 Å². The lowest BCUT2D eigenvalue weighted by atomic mass is 10.1. The topological polar surface area (TPSA) is 59.0 Å². The van der Waals surface area contributed by atoms with Gasteiger partial charge in [0.2, 0.25) is 0 Å². The van der Waals surface area contributed by atoms with Gasteiger partial charge in [0.25, 0.3) is 5.91 Å². The number of rotatable bonds is 3. The second-order valence-electron chi connectivity index (χ2n) is 5.11. The molecule has 1 heterocycles. The van der Waals surface area contributed by atoms with Gasteiger partial charge in [-0.1, -0.05) is 18.2 Å². The second kappa shape index (κ2) is 6.04. The maximum Gasteiger partial charge on any atom is 0.338 e. The van der Waals surface area contributed by atoms with Crippen LogP contribution < -0.4 is 4.90 Å². The van der Waals surface area contributed by atoms with Crippen molar-refractivity contribution in [1.29, 1.82) is 0 Å². The number of anilines is 1. The first-order chi connectivity index (χ1) is 11.1. The molecule has 5 heteroatoms. The average Bonchev–Trinajstić information content (AvgIpc) is 2.81. The predicted octanol–water partition coefficient (Wildman–Crippen LogP) is 2.96. The molecule has 2 aromatic rings. The summed E-state index contributed by atoms with van der Waals surface area (Å²) < 4.78 is 4.94. The number of hydrogen-bond acceptors (Lipinski definition) is 4. The minimum Gasteiger partial charge on any atom is -0.462 e. The second-order valence-corrected chi connectivity index (χ2v) is 5.11. The molecule has 1 aliphatic rings. The first-order valence-electron chi connectivity index (χ1n) is 7.35. The van der Waals surface area contributed by atoms with Gasteiger partial charge in [0.1, 0.15) is 5.71 Å². The van der Waals surface area contributed by atoms with Crippen LogP contribution in [0.25, 0.3) is 0 Å². The molecule has 3 rings (SSSR count). The van der Waals surface area contributed by atoms with E-state index in [-0.39, 0.29) is 11.9 Å². The van der Waals surface area contributed by atoms with E-state index in [2.05, 4.69) is 4.99 Å². The molecule has 0 aliphatic carbocycles. The molecule has 0 N–H and O–H groups in total. The number of hydrogen-bond donors (Lipinski definition) is 0. The van der Waals surface area contributed by atoms with E-state index in [9.17, 15) is 9.59 Å². The number of para-hydroxylation sites is 1. The Morgan fingerprint density at radius 2 is 1.83 bits per heavy atom. The zero-order valence-electron chi connectivity index (χ0n) is 12.9. The molecule has 0 radical (unpaired) electrons. The average molecular weight is 308 g/mol. The van der Waals surface area contributed by atoms with E-state index >= 15 is 0 Å². The highest BCUT2D eigenvalue weighted by atomic mass is 16.5. The molecule has 0 bridgehead atoms. The van der Waals surface area contributed by atoms with E-state index in [1.54, 1.807) is 43.1 Å². The lowest BCUT2D eigenvalue weighted by Gasteiger charge is -2.07. The number of carbonyl (C=O) groups excluding carboxylic acids is 2. The summed E-state index contributed by atoms with van der Waals surface area (Å²) in [5.74, 6) is -0.505. The van der Waals surface area contributed by atoms with E-state index in [1.165, 1.54) is 0 Å². The van der Waals surface area contributed by atoms with Gasteiger partial charge in [0, 0.05) is 12.6 Å². The molecule has 23 heavy (non-hydrogen) atoms. The summed E-state index contributed by atoms with van der Waals surface area (Å²) in [6.07, 6.45) is 0. The fraction of sp³-hybridized carbons (Fsp3) is 0.167. The Labute approximate surface area is 134 Å². The lowest BCUT2D eigenvalue weighted by molar-refractivity contribution is -0.111. The summed E-state index contributed by atoms with van der Waals surface area (Å²) in [6, 6.07) is 14.2. The standard InChI is InChI=1S/C18H16N2O3/c1-3-23-18(22)12-8-10-13(11-9-12)19-16-14-6-4-5-7-15(14)20(2)17(16)21/h4-11H,3H2,1-2H3. The SMILES string of the molecule is CCOC(=O)c1ccc(N=C2C(=O)N(C)c3ccccc32)cc1. The van der Waals surface area contributed by atoms with Crippen LogP contribution >= 0.6 is 0 Å². The van der Waals surface area contributed by atoms with Crippen molar-refractivity contribution in [2.75, 3.05) is 18.6 Å². The molecule has 5 nitrogen and oxygen atoms in total. The summed E-state index contributed by atoms with van der Waals surface area (Å²) >= 11 is 0. The fourth-order valence-electron chi connectivity index (χ4n) is 2.47. The van der Waals surface area contributed by atoms with Crippen LogP contribution in [0.4, 0.5) is 11.4 Å². The first-order valence-corrected chi connectivity index (χ1v) is 7.35. The highest BCUT2D eigenvalue weighted by Crippen LogP contribution is 2.29. The zero-order chi connectivity index (χ0) is 16.4. The minimum atomic E-state index is -0.367. The number of nitrogens with zero attached hydrogens (tertiary/aromatic N) is 2. The summed E-state index contributed by atoms with van der Waals surface area (Å²) in [5.41, 5.74) is 3.15. The molecule has 1 aliphatic heterocycles. The molecule has 2 aromatic carbocycles. The molecular weight excluding hydrogens is 292 g/mol. The Kier molecular flexibility index (Phi) is 3.93. The molecule has 0 saturated heterocycles. The van der Waals surface area contributed by atoms with Gasteiger partial charge >= 0.3 is 5.97 Å². The number of amides is 1. The van der Waals surface area contributed by atoms with Crippen molar-refractivity contribution in [1.82, 2.24) is 0 Å². The Balaban J connectivity index is 1.93.